The van der Waals surface area contributed by atoms with Crippen LogP contribution in [0.1, 0.15) is 29.9 Å². The van der Waals surface area contributed by atoms with Crippen molar-refractivity contribution in [3.8, 4) is 0 Å². The number of hydrogen-bond acceptors (Lipinski definition) is 6. The molecule has 1 amide bonds. The Bertz CT molecular complexity index is 805. The molecule has 0 saturated carbocycles. The van der Waals surface area contributed by atoms with Gasteiger partial charge in [-0.15, -0.1) is 0 Å². The fourth-order valence-electron chi connectivity index (χ4n) is 3.00. The van der Waals surface area contributed by atoms with Gasteiger partial charge in [-0.05, 0) is 48.2 Å². The van der Waals surface area contributed by atoms with Gasteiger partial charge in [0.25, 0.3) is 0 Å². The van der Waals surface area contributed by atoms with Gasteiger partial charge in [0, 0.05) is 30.7 Å². The van der Waals surface area contributed by atoms with Crippen molar-refractivity contribution in [3.63, 3.8) is 0 Å². The van der Waals surface area contributed by atoms with Crippen LogP contribution < -0.4 is 5.32 Å². The number of nitrogens with one attached hydrogen (secondary N) is 1. The number of ether oxygens (including phenoxy) is 2. The summed E-state index contributed by atoms with van der Waals surface area (Å²) in [5, 5.41) is 6.79. The molecule has 3 rings (SSSR count). The highest BCUT2D eigenvalue weighted by Gasteiger charge is 2.29. The molecule has 2 heterocycles. The van der Waals surface area contributed by atoms with Gasteiger partial charge in [0.2, 0.25) is 5.91 Å². The second kappa shape index (κ2) is 10.8. The number of amides is 1. The van der Waals surface area contributed by atoms with Crippen molar-refractivity contribution in [2.75, 3.05) is 19.8 Å². The monoisotopic (exact) mass is 444 g/mol. The molecule has 6 nitrogen and oxygen atoms in total. The number of benzene rings is 1. The normalized spacial score (nSPS) is 15.3. The first-order chi connectivity index (χ1) is 14.4. The molecule has 1 N–H and O–H groups in total. The van der Waals surface area contributed by atoms with Gasteiger partial charge in [0.15, 0.2) is 5.76 Å². The van der Waals surface area contributed by atoms with E-state index in [0.717, 1.165) is 31.6 Å². The van der Waals surface area contributed by atoms with E-state index in [1.54, 1.807) is 18.2 Å². The Labute approximate surface area is 176 Å². The molecule has 1 aromatic carbocycles. The summed E-state index contributed by atoms with van der Waals surface area (Å²) in [5.74, 6) is 0.815. The largest absolute Gasteiger partial charge is 0.446 e. The molecule has 30 heavy (non-hydrogen) atoms. The highest BCUT2D eigenvalue weighted by molar-refractivity contribution is 8.00. The molecule has 0 aliphatic carbocycles. The first-order valence-corrected chi connectivity index (χ1v) is 10.4. The fraction of sp³-hybridized carbons (Fsp3) is 0.500. The minimum atomic E-state index is -4.30. The summed E-state index contributed by atoms with van der Waals surface area (Å²) in [4.78, 5) is 12.2. The third-order valence-corrected chi connectivity index (χ3v) is 5.29. The average Bonchev–Trinajstić information content (AvgIpc) is 3.14. The molecule has 2 aromatic rings. The number of hydrogen-bond donors (Lipinski definition) is 1. The maximum absolute atomic E-state index is 12.3. The second-order valence-corrected chi connectivity index (χ2v) is 8.14. The van der Waals surface area contributed by atoms with Crippen LogP contribution in [0.15, 0.2) is 39.8 Å². The van der Waals surface area contributed by atoms with Crippen molar-refractivity contribution in [1.29, 1.82) is 0 Å². The van der Waals surface area contributed by atoms with E-state index in [2.05, 4.69) is 10.5 Å². The first kappa shape index (κ1) is 22.6. The standard InChI is InChI=1S/C20H23F3N2O4S/c21-20(22,23)30-18-3-1-15(2-4-18)12-28-13-17-9-16(25-29-17)10-19(26)24-11-14-5-7-27-8-6-14/h1-4,9,14H,5-8,10-13H2,(H,24,26). The lowest BCUT2D eigenvalue weighted by Crippen LogP contribution is -2.33. The Hall–Kier alpha value is -2.04. The summed E-state index contributed by atoms with van der Waals surface area (Å²) in [6.45, 7) is 2.48. The summed E-state index contributed by atoms with van der Waals surface area (Å²) < 4.78 is 53.0. The molecule has 0 spiro atoms. The van der Waals surface area contributed by atoms with E-state index in [1.165, 1.54) is 12.1 Å². The van der Waals surface area contributed by atoms with E-state index in [-0.39, 0.29) is 42.2 Å². The predicted molar refractivity (Wildman–Crippen MR) is 104 cm³/mol. The van der Waals surface area contributed by atoms with Crippen LogP contribution >= 0.6 is 11.8 Å². The molecule has 0 bridgehead atoms. The molecule has 10 heteroatoms. The number of aromatic nitrogens is 1. The van der Waals surface area contributed by atoms with Crippen LogP contribution in [0.25, 0.3) is 0 Å². The highest BCUT2D eigenvalue weighted by Crippen LogP contribution is 2.36. The van der Waals surface area contributed by atoms with Gasteiger partial charge >= 0.3 is 5.51 Å². The van der Waals surface area contributed by atoms with Crippen molar-refractivity contribution >= 4 is 17.7 Å². The number of nitrogens with zero attached hydrogens (tertiary/aromatic N) is 1. The van der Waals surface area contributed by atoms with Crippen LogP contribution in [0, 0.1) is 5.92 Å². The molecular weight excluding hydrogens is 421 g/mol. The van der Waals surface area contributed by atoms with Gasteiger partial charge in [-0.25, -0.2) is 0 Å². The molecular formula is C20H23F3N2O4S. The maximum Gasteiger partial charge on any atom is 0.446 e. The predicted octanol–water partition coefficient (Wildman–Crippen LogP) is 4.09. The van der Waals surface area contributed by atoms with E-state index in [0.29, 0.717) is 23.9 Å². The lowest BCUT2D eigenvalue weighted by molar-refractivity contribution is -0.120. The van der Waals surface area contributed by atoms with E-state index < -0.39 is 5.51 Å². The molecule has 0 unspecified atom stereocenters. The molecule has 1 saturated heterocycles. The van der Waals surface area contributed by atoms with Crippen LogP contribution in [0.3, 0.4) is 0 Å². The molecule has 1 aromatic heterocycles. The first-order valence-electron chi connectivity index (χ1n) is 9.59. The van der Waals surface area contributed by atoms with E-state index in [9.17, 15) is 18.0 Å². The quantitative estimate of drug-likeness (QED) is 0.588. The van der Waals surface area contributed by atoms with Crippen molar-refractivity contribution in [1.82, 2.24) is 10.5 Å². The van der Waals surface area contributed by atoms with Crippen LogP contribution in [0.4, 0.5) is 13.2 Å². The average molecular weight is 444 g/mol. The number of alkyl halides is 3. The van der Waals surface area contributed by atoms with Crippen molar-refractivity contribution in [2.24, 2.45) is 5.92 Å². The van der Waals surface area contributed by atoms with E-state index in [1.807, 2.05) is 0 Å². The Balaban J connectivity index is 1.36. The molecule has 0 atom stereocenters. The number of carbonyl (C=O) groups excluding carboxylic acids is 1. The van der Waals surface area contributed by atoms with Crippen molar-refractivity contribution in [2.45, 2.75) is 42.9 Å². The molecule has 0 radical (unpaired) electrons. The lowest BCUT2D eigenvalue weighted by Gasteiger charge is -2.21. The van der Waals surface area contributed by atoms with Crippen LogP contribution in [0.5, 0.6) is 0 Å². The molecule has 164 valence electrons. The number of carbonyl (C=O) groups is 1. The summed E-state index contributed by atoms with van der Waals surface area (Å²) in [5.41, 5.74) is -3.04. The van der Waals surface area contributed by atoms with E-state index in [4.69, 9.17) is 14.0 Å². The minimum absolute atomic E-state index is 0.112. The molecule has 1 fully saturated rings. The van der Waals surface area contributed by atoms with Crippen LogP contribution in [-0.2, 0) is 33.9 Å². The van der Waals surface area contributed by atoms with Crippen LogP contribution in [-0.4, -0.2) is 36.3 Å². The van der Waals surface area contributed by atoms with Gasteiger partial charge in [0.05, 0.1) is 18.7 Å². The summed E-state index contributed by atoms with van der Waals surface area (Å²) in [7, 11) is 0. The topological polar surface area (TPSA) is 73.6 Å². The SMILES string of the molecule is O=C(Cc1cc(COCc2ccc(SC(F)(F)F)cc2)on1)NCC1CCOCC1. The smallest absolute Gasteiger partial charge is 0.381 e. The van der Waals surface area contributed by atoms with Crippen LogP contribution in [0.2, 0.25) is 0 Å². The number of halogens is 3. The number of thioether (sulfide) groups is 1. The van der Waals surface area contributed by atoms with Crippen molar-refractivity contribution < 1.29 is 32.0 Å². The summed E-state index contributed by atoms with van der Waals surface area (Å²) >= 11 is -0.153. The Morgan fingerprint density at radius 3 is 2.63 bits per heavy atom. The summed E-state index contributed by atoms with van der Waals surface area (Å²) in [6, 6.07) is 7.65. The molecule has 1 aliphatic heterocycles. The zero-order valence-electron chi connectivity index (χ0n) is 16.2. The summed E-state index contributed by atoms with van der Waals surface area (Å²) in [6.07, 6.45) is 2.04. The third-order valence-electron chi connectivity index (χ3n) is 4.55. The van der Waals surface area contributed by atoms with Crippen molar-refractivity contribution in [3.05, 3.63) is 47.3 Å². The zero-order valence-corrected chi connectivity index (χ0v) is 17.1. The Morgan fingerprint density at radius 1 is 1.20 bits per heavy atom. The lowest BCUT2D eigenvalue weighted by atomic mass is 10.0. The van der Waals surface area contributed by atoms with E-state index >= 15 is 0 Å². The van der Waals surface area contributed by atoms with Gasteiger partial charge in [-0.3, -0.25) is 4.79 Å². The second-order valence-electron chi connectivity index (χ2n) is 7.01. The van der Waals surface area contributed by atoms with Gasteiger partial charge < -0.3 is 19.3 Å². The highest BCUT2D eigenvalue weighted by atomic mass is 32.2. The Morgan fingerprint density at radius 2 is 1.93 bits per heavy atom. The molecule has 1 aliphatic rings. The zero-order chi connectivity index (χ0) is 21.4. The number of rotatable bonds is 9. The minimum Gasteiger partial charge on any atom is -0.381 e. The van der Waals surface area contributed by atoms with Gasteiger partial charge in [0.1, 0.15) is 6.61 Å². The fourth-order valence-corrected chi connectivity index (χ4v) is 3.54. The maximum atomic E-state index is 12.3. The van der Waals surface area contributed by atoms with Gasteiger partial charge in [-0.1, -0.05) is 17.3 Å². The Kier molecular flexibility index (Phi) is 8.17. The third kappa shape index (κ3) is 8.00. The van der Waals surface area contributed by atoms with Gasteiger partial charge in [-0.2, -0.15) is 13.2 Å².